The molecule has 0 bridgehead atoms. The van der Waals surface area contributed by atoms with Crippen LogP contribution in [0.4, 0.5) is 19.2 Å². The van der Waals surface area contributed by atoms with Gasteiger partial charge < -0.3 is 32.7 Å². The Morgan fingerprint density at radius 1 is 0.755 bits per heavy atom. The zero-order valence-electron chi connectivity index (χ0n) is 25.8. The summed E-state index contributed by atoms with van der Waals surface area (Å²) in [7, 11) is -5.10. The quantitative estimate of drug-likeness (QED) is 0.0523. The van der Waals surface area contributed by atoms with Gasteiger partial charge in [0, 0.05) is 32.5 Å². The van der Waals surface area contributed by atoms with Crippen LogP contribution in [-0.4, -0.2) is 105 Å². The number of rotatable bonds is 20. The summed E-state index contributed by atoms with van der Waals surface area (Å²) in [6.07, 6.45) is -1.34. The van der Waals surface area contributed by atoms with Crippen LogP contribution in [0, 0.1) is 29.6 Å². The fraction of sp³-hybridized carbons (Fsp3) is 0.727. The summed E-state index contributed by atoms with van der Waals surface area (Å²) in [6.45, 7) is -3.03. The summed E-state index contributed by atoms with van der Waals surface area (Å²) in [6, 6.07) is 0. The fourth-order valence-corrected chi connectivity index (χ4v) is 6.70. The largest absolute Gasteiger partial charge is 0.518 e. The van der Waals surface area contributed by atoms with Gasteiger partial charge in [0.2, 0.25) is 0 Å². The maximum atomic E-state index is 12.7. The summed E-state index contributed by atoms with van der Waals surface area (Å²) in [4.78, 5) is 47.0. The van der Waals surface area contributed by atoms with Crippen LogP contribution in [0.25, 0.3) is 0 Å². The highest BCUT2D eigenvalue weighted by molar-refractivity contribution is 7.88. The van der Waals surface area contributed by atoms with Gasteiger partial charge >= 0.3 is 44.9 Å². The van der Waals surface area contributed by atoms with E-state index in [1.54, 1.807) is 9.44 Å². The molecule has 49 heavy (non-hydrogen) atoms. The molecule has 0 aromatic carbocycles. The summed E-state index contributed by atoms with van der Waals surface area (Å²) in [5.74, 6) is 7.23. The highest BCUT2D eigenvalue weighted by Crippen LogP contribution is 2.52. The van der Waals surface area contributed by atoms with Crippen molar-refractivity contribution in [2.24, 2.45) is 26.8 Å². The van der Waals surface area contributed by atoms with Gasteiger partial charge in [-0.2, -0.15) is 25.9 Å². The molecule has 2 rings (SSSR count). The Hall–Kier alpha value is -2.52. The second-order valence-electron chi connectivity index (χ2n) is 9.55. The first-order valence-corrected chi connectivity index (χ1v) is 19.7. The van der Waals surface area contributed by atoms with Crippen molar-refractivity contribution in [1.29, 1.82) is 0 Å². The number of hydrogen-bond acceptors (Lipinski definition) is 17. The van der Waals surface area contributed by atoms with Crippen molar-refractivity contribution in [3.8, 4) is 11.8 Å². The number of nitrogens with one attached hydrogen (secondary N) is 3. The topological polar surface area (TPSA) is 265 Å². The van der Waals surface area contributed by atoms with Crippen LogP contribution in [0.3, 0.4) is 0 Å². The number of carbonyl (C=O) groups excluding carboxylic acids is 4. The Labute approximate surface area is 291 Å². The summed E-state index contributed by atoms with van der Waals surface area (Å²) >= 11 is 0. The van der Waals surface area contributed by atoms with Gasteiger partial charge in [0.15, 0.2) is 0 Å². The molecule has 1 saturated carbocycles. The third kappa shape index (κ3) is 18.3. The molecule has 2 aliphatic carbocycles. The highest BCUT2D eigenvalue weighted by Gasteiger charge is 2.49. The molecule has 0 aromatic rings. The van der Waals surface area contributed by atoms with Crippen molar-refractivity contribution in [3.63, 3.8) is 0 Å². The summed E-state index contributed by atoms with van der Waals surface area (Å²) in [5, 5.41) is 0. The third-order valence-corrected chi connectivity index (χ3v) is 10.2. The van der Waals surface area contributed by atoms with Crippen molar-refractivity contribution in [2.45, 2.75) is 25.7 Å². The average Bonchev–Trinajstić information content (AvgIpc) is 3.68. The van der Waals surface area contributed by atoms with Gasteiger partial charge in [-0.15, -0.1) is 11.8 Å². The van der Waals surface area contributed by atoms with E-state index in [0.717, 1.165) is 25.7 Å². The molecular formula is C22H36N6O15P4S2. The second kappa shape index (κ2) is 23.0. The molecule has 27 heteroatoms. The van der Waals surface area contributed by atoms with Gasteiger partial charge in [-0.1, -0.05) is 0 Å². The van der Waals surface area contributed by atoms with E-state index in [2.05, 4.69) is 34.6 Å². The van der Waals surface area contributed by atoms with E-state index in [4.69, 9.17) is 23.7 Å². The lowest BCUT2D eigenvalue weighted by molar-refractivity contribution is 0.0768. The Kier molecular flexibility index (Phi) is 20.1. The standard InChI is InChI=1S/C22H36N6O15P4S2/c29-19(41-15-18-16-5-3-1-2-4-6-17(16)18)24-48(33,34)23-7-10-37-13-14-38-20(30)25-49(35,36)28(8-11-39-21(31)42-46-26-44)9-12-40-22(32)43-47-27-45/h16-18,23H,3-15,44-45H2,(H,24,29)(H,25,30)/t16-,17+,18?. The fourth-order valence-electron chi connectivity index (χ4n) is 4.35. The SMILES string of the molecule is O=C(NS(=O)(=O)NCCOCCOC(=O)NS(=O)(=O)N(CCOC(=O)OP=NP)CCOC(=O)OP=NP)OCC1[C@H]2CCC#CCC[C@@H]12. The first-order chi connectivity index (χ1) is 23.4. The molecule has 0 saturated heterocycles. The summed E-state index contributed by atoms with van der Waals surface area (Å²) in [5.41, 5.74) is 0. The smallest absolute Gasteiger partial charge is 0.449 e. The molecule has 1 fully saturated rings. The van der Waals surface area contributed by atoms with Crippen molar-refractivity contribution in [3.05, 3.63) is 0 Å². The molecule has 0 aliphatic heterocycles. The van der Waals surface area contributed by atoms with E-state index < -0.39 is 77.8 Å². The van der Waals surface area contributed by atoms with Crippen LogP contribution in [0.15, 0.2) is 9.03 Å². The molecule has 3 unspecified atom stereocenters. The lowest BCUT2D eigenvalue weighted by Crippen LogP contribution is -2.46. The van der Waals surface area contributed by atoms with E-state index in [0.29, 0.717) is 16.1 Å². The van der Waals surface area contributed by atoms with E-state index in [1.807, 2.05) is 18.8 Å². The van der Waals surface area contributed by atoms with Crippen LogP contribution in [0.5, 0.6) is 0 Å². The number of hydrogen-bond donors (Lipinski definition) is 3. The predicted molar refractivity (Wildman–Crippen MR) is 177 cm³/mol. The van der Waals surface area contributed by atoms with Gasteiger partial charge in [0.05, 0.1) is 19.8 Å². The van der Waals surface area contributed by atoms with Gasteiger partial charge in [-0.05, 0) is 49.4 Å². The van der Waals surface area contributed by atoms with Crippen molar-refractivity contribution in [2.75, 3.05) is 59.3 Å². The van der Waals surface area contributed by atoms with E-state index in [1.165, 1.54) is 0 Å². The van der Waals surface area contributed by atoms with Crippen LogP contribution >= 0.6 is 36.0 Å². The van der Waals surface area contributed by atoms with Crippen LogP contribution in [0.1, 0.15) is 25.7 Å². The Bertz CT molecular complexity index is 1410. The molecule has 5 atom stereocenters. The van der Waals surface area contributed by atoms with Crippen molar-refractivity contribution in [1.82, 2.24) is 18.5 Å². The molecular weight excluding hydrogens is 776 g/mol. The predicted octanol–water partition coefficient (Wildman–Crippen LogP) is 2.25. The lowest BCUT2D eigenvalue weighted by atomic mass is 10.1. The summed E-state index contributed by atoms with van der Waals surface area (Å²) < 4.78 is 96.1. The molecule has 2 aliphatic rings. The maximum Gasteiger partial charge on any atom is 0.518 e. The van der Waals surface area contributed by atoms with E-state index in [-0.39, 0.29) is 49.5 Å². The molecule has 2 amide bonds. The van der Waals surface area contributed by atoms with Crippen molar-refractivity contribution >= 4 is 80.9 Å². The van der Waals surface area contributed by atoms with Crippen molar-refractivity contribution < 1.29 is 68.7 Å². The van der Waals surface area contributed by atoms with Gasteiger partial charge in [0.25, 0.3) is 17.2 Å². The van der Waals surface area contributed by atoms with Gasteiger partial charge in [-0.3, -0.25) is 0 Å². The highest BCUT2D eigenvalue weighted by atomic mass is 32.2. The number of nitrogens with zero attached hydrogens (tertiary/aromatic N) is 3. The Morgan fingerprint density at radius 2 is 1.31 bits per heavy atom. The minimum Gasteiger partial charge on any atom is -0.449 e. The molecule has 0 heterocycles. The van der Waals surface area contributed by atoms with E-state index >= 15 is 0 Å². The van der Waals surface area contributed by atoms with Crippen LogP contribution in [0.2, 0.25) is 0 Å². The minimum absolute atomic E-state index is 0.0782. The second-order valence-corrected chi connectivity index (χ2v) is 15.3. The Balaban J connectivity index is 1.66. The normalized spacial score (nSPS) is 18.6. The van der Waals surface area contributed by atoms with Crippen LogP contribution < -0.4 is 14.2 Å². The van der Waals surface area contributed by atoms with Gasteiger partial charge in [-0.25, -0.2) is 37.7 Å². The zero-order valence-corrected chi connectivity index (χ0v) is 31.5. The minimum atomic E-state index is -4.61. The number of amides is 2. The molecule has 21 nitrogen and oxygen atoms in total. The zero-order chi connectivity index (χ0) is 36.1. The molecule has 0 radical (unpaired) electrons. The maximum absolute atomic E-state index is 12.7. The Morgan fingerprint density at radius 3 is 1.86 bits per heavy atom. The molecule has 3 N–H and O–H groups in total. The number of carbonyl (C=O) groups is 4. The average molecular weight is 813 g/mol. The van der Waals surface area contributed by atoms with Crippen LogP contribution in [-0.2, 0) is 53.2 Å². The molecule has 0 spiro atoms. The molecule has 276 valence electrons. The first-order valence-electron chi connectivity index (χ1n) is 14.2. The third-order valence-electron chi connectivity index (χ3n) is 6.46. The number of ether oxygens (including phenoxy) is 5. The molecule has 0 aromatic heterocycles. The van der Waals surface area contributed by atoms with Gasteiger partial charge in [0.1, 0.15) is 19.8 Å². The first kappa shape index (κ1) is 42.6. The lowest BCUT2D eigenvalue weighted by Gasteiger charge is -2.21. The van der Waals surface area contributed by atoms with E-state index in [9.17, 15) is 36.0 Å². The monoisotopic (exact) mass is 812 g/mol. The number of fused-ring (bicyclic) bond motifs is 1.